The quantitative estimate of drug-likeness (QED) is 0.651. The molecule has 6 heteroatoms. The van der Waals surface area contributed by atoms with Crippen molar-refractivity contribution in [2.45, 2.75) is 6.42 Å². The summed E-state index contributed by atoms with van der Waals surface area (Å²) in [5.74, 6) is -0.205. The molecule has 1 heterocycles. The molecule has 0 aliphatic carbocycles. The van der Waals surface area contributed by atoms with Gasteiger partial charge in [-0.15, -0.1) is 12.4 Å². The highest BCUT2D eigenvalue weighted by atomic mass is 35.5. The fourth-order valence-corrected chi connectivity index (χ4v) is 1.85. The van der Waals surface area contributed by atoms with Gasteiger partial charge in [0, 0.05) is 18.9 Å². The Morgan fingerprint density at radius 2 is 2.04 bits per heavy atom. The van der Waals surface area contributed by atoms with Crippen LogP contribution in [0.15, 0.2) is 54.4 Å². The van der Waals surface area contributed by atoms with Gasteiger partial charge >= 0.3 is 0 Å². The number of amides is 1. The average molecular weight is 330 g/mol. The van der Waals surface area contributed by atoms with Gasteiger partial charge in [-0.25, -0.2) is 0 Å². The van der Waals surface area contributed by atoms with E-state index in [1.165, 1.54) is 6.08 Å². The topological polar surface area (TPSA) is 86.0 Å². The minimum atomic E-state index is -0.412. The summed E-state index contributed by atoms with van der Waals surface area (Å²) in [4.78, 5) is 15.9. The molecule has 0 aliphatic heterocycles. The fraction of sp³-hybridized carbons (Fsp3) is 0.118. The van der Waals surface area contributed by atoms with Gasteiger partial charge in [0.1, 0.15) is 17.4 Å². The number of carbonyl (C=O) groups is 1. The van der Waals surface area contributed by atoms with Crippen LogP contribution in [0.1, 0.15) is 11.1 Å². The van der Waals surface area contributed by atoms with Crippen LogP contribution in [-0.2, 0) is 11.2 Å². The van der Waals surface area contributed by atoms with Gasteiger partial charge in [-0.2, -0.15) is 5.26 Å². The fourth-order valence-electron chi connectivity index (χ4n) is 1.85. The lowest BCUT2D eigenvalue weighted by Crippen LogP contribution is -2.26. The van der Waals surface area contributed by atoms with Crippen LogP contribution in [0.4, 0.5) is 0 Å². The van der Waals surface area contributed by atoms with E-state index in [2.05, 4.69) is 10.3 Å². The summed E-state index contributed by atoms with van der Waals surface area (Å²) in [5.41, 5.74) is 1.74. The van der Waals surface area contributed by atoms with Gasteiger partial charge in [0.25, 0.3) is 5.91 Å². The average Bonchev–Trinajstić information content (AvgIpc) is 2.55. The molecule has 2 N–H and O–H groups in total. The normalized spacial score (nSPS) is 10.3. The number of aromatic hydroxyl groups is 1. The maximum Gasteiger partial charge on any atom is 0.261 e. The van der Waals surface area contributed by atoms with Crippen LogP contribution in [-0.4, -0.2) is 22.5 Å². The molecule has 1 aromatic carbocycles. The third-order valence-corrected chi connectivity index (χ3v) is 3.00. The third-order valence-electron chi connectivity index (χ3n) is 3.00. The summed E-state index contributed by atoms with van der Waals surface area (Å²) >= 11 is 0. The lowest BCUT2D eigenvalue weighted by atomic mass is 10.1. The highest BCUT2D eigenvalue weighted by Gasteiger charge is 2.08. The van der Waals surface area contributed by atoms with E-state index in [0.29, 0.717) is 18.5 Å². The third kappa shape index (κ3) is 5.81. The van der Waals surface area contributed by atoms with Crippen molar-refractivity contribution < 1.29 is 9.90 Å². The zero-order valence-electron chi connectivity index (χ0n) is 12.3. The summed E-state index contributed by atoms with van der Waals surface area (Å²) in [6.45, 7) is 0.412. The molecule has 0 spiro atoms. The van der Waals surface area contributed by atoms with E-state index in [9.17, 15) is 9.90 Å². The molecule has 5 nitrogen and oxygen atoms in total. The molecule has 0 saturated carbocycles. The molecule has 0 aliphatic rings. The minimum Gasteiger partial charge on any atom is -0.508 e. The molecule has 0 radical (unpaired) electrons. The number of benzene rings is 1. The molecule has 0 fully saturated rings. The molecule has 0 saturated heterocycles. The summed E-state index contributed by atoms with van der Waals surface area (Å²) in [7, 11) is 0. The Kier molecular flexibility index (Phi) is 7.31. The Labute approximate surface area is 140 Å². The summed E-state index contributed by atoms with van der Waals surface area (Å²) < 4.78 is 0. The highest BCUT2D eigenvalue weighted by molar-refractivity contribution is 6.01. The summed E-state index contributed by atoms with van der Waals surface area (Å²) in [6, 6.07) is 12.2. The van der Waals surface area contributed by atoms with Crippen LogP contribution in [0.25, 0.3) is 6.08 Å². The highest BCUT2D eigenvalue weighted by Crippen LogP contribution is 2.10. The number of hydrogen-bond donors (Lipinski definition) is 2. The van der Waals surface area contributed by atoms with Crippen molar-refractivity contribution in [1.82, 2.24) is 10.3 Å². The van der Waals surface area contributed by atoms with Gasteiger partial charge in [0.15, 0.2) is 0 Å². The molecule has 23 heavy (non-hydrogen) atoms. The Morgan fingerprint density at radius 1 is 1.30 bits per heavy atom. The van der Waals surface area contributed by atoms with Gasteiger partial charge in [-0.3, -0.25) is 9.78 Å². The van der Waals surface area contributed by atoms with Gasteiger partial charge < -0.3 is 10.4 Å². The lowest BCUT2D eigenvalue weighted by molar-refractivity contribution is -0.117. The SMILES string of the molecule is Cl.N#CC(=Cc1cccnc1)C(=O)NCCc1ccc(O)cc1. The van der Waals surface area contributed by atoms with Crippen LogP contribution >= 0.6 is 12.4 Å². The number of pyridine rings is 1. The molecular weight excluding hydrogens is 314 g/mol. The number of nitriles is 1. The predicted octanol–water partition coefficient (Wildman–Crippen LogP) is 2.47. The first-order valence-corrected chi connectivity index (χ1v) is 6.77. The summed E-state index contributed by atoms with van der Waals surface area (Å²) in [6.07, 6.45) is 5.34. The van der Waals surface area contributed by atoms with Crippen LogP contribution in [0.5, 0.6) is 5.75 Å². The molecule has 1 amide bonds. The van der Waals surface area contributed by atoms with E-state index in [1.807, 2.05) is 6.07 Å². The van der Waals surface area contributed by atoms with E-state index in [1.54, 1.807) is 48.8 Å². The number of halogens is 1. The van der Waals surface area contributed by atoms with Crippen molar-refractivity contribution in [1.29, 1.82) is 5.26 Å². The van der Waals surface area contributed by atoms with Gasteiger partial charge in [-0.1, -0.05) is 18.2 Å². The van der Waals surface area contributed by atoms with Gasteiger partial charge in [0.2, 0.25) is 0 Å². The lowest BCUT2D eigenvalue weighted by Gasteiger charge is -2.05. The number of nitrogens with one attached hydrogen (secondary N) is 1. The van der Waals surface area contributed by atoms with Crippen molar-refractivity contribution >= 4 is 24.4 Å². The van der Waals surface area contributed by atoms with Crippen LogP contribution in [0.3, 0.4) is 0 Å². The molecule has 0 unspecified atom stereocenters. The molecule has 2 aromatic rings. The Balaban J connectivity index is 0.00000264. The van der Waals surface area contributed by atoms with Crippen molar-refractivity contribution in [2.75, 3.05) is 6.54 Å². The molecule has 118 valence electrons. The van der Waals surface area contributed by atoms with Crippen molar-refractivity contribution in [3.05, 3.63) is 65.5 Å². The van der Waals surface area contributed by atoms with E-state index in [4.69, 9.17) is 5.26 Å². The number of carbonyl (C=O) groups excluding carboxylic acids is 1. The first-order valence-electron chi connectivity index (χ1n) is 6.77. The number of nitrogens with zero attached hydrogens (tertiary/aromatic N) is 2. The van der Waals surface area contributed by atoms with Gasteiger partial charge in [0.05, 0.1) is 0 Å². The largest absolute Gasteiger partial charge is 0.508 e. The standard InChI is InChI=1S/C17H15N3O2.ClH/c18-11-15(10-14-2-1-8-19-12-14)17(22)20-9-7-13-3-5-16(21)6-4-13;/h1-6,8,10,12,21H,7,9H2,(H,20,22);1H. The first kappa shape index (κ1) is 18.2. The van der Waals surface area contributed by atoms with E-state index in [0.717, 1.165) is 5.56 Å². The van der Waals surface area contributed by atoms with Gasteiger partial charge in [-0.05, 0) is 41.8 Å². The van der Waals surface area contributed by atoms with Crippen molar-refractivity contribution in [2.24, 2.45) is 0 Å². The number of aromatic nitrogens is 1. The molecule has 2 rings (SSSR count). The maximum absolute atomic E-state index is 12.0. The van der Waals surface area contributed by atoms with Crippen LogP contribution in [0, 0.1) is 11.3 Å². The first-order chi connectivity index (χ1) is 10.7. The minimum absolute atomic E-state index is 0. The van der Waals surface area contributed by atoms with Crippen molar-refractivity contribution in [3.63, 3.8) is 0 Å². The summed E-state index contributed by atoms with van der Waals surface area (Å²) in [5, 5.41) is 21.0. The van der Waals surface area contributed by atoms with E-state index < -0.39 is 5.91 Å². The predicted molar refractivity (Wildman–Crippen MR) is 89.9 cm³/mol. The van der Waals surface area contributed by atoms with Crippen LogP contribution in [0.2, 0.25) is 0 Å². The van der Waals surface area contributed by atoms with Crippen LogP contribution < -0.4 is 5.32 Å². The van der Waals surface area contributed by atoms with E-state index >= 15 is 0 Å². The Hall–Kier alpha value is -2.84. The molecule has 0 bridgehead atoms. The second-order valence-electron chi connectivity index (χ2n) is 4.63. The van der Waals surface area contributed by atoms with E-state index in [-0.39, 0.29) is 23.7 Å². The Bertz CT molecular complexity index is 707. The van der Waals surface area contributed by atoms with Crippen molar-refractivity contribution in [3.8, 4) is 11.8 Å². The zero-order chi connectivity index (χ0) is 15.8. The number of rotatable bonds is 5. The maximum atomic E-state index is 12.0. The second kappa shape index (κ2) is 9.23. The smallest absolute Gasteiger partial charge is 0.261 e. The monoisotopic (exact) mass is 329 g/mol. The number of hydrogen-bond acceptors (Lipinski definition) is 4. The number of phenolic OH excluding ortho intramolecular Hbond substituents is 1. The molecule has 0 atom stereocenters. The Morgan fingerprint density at radius 3 is 2.65 bits per heavy atom. The molecular formula is C17H16ClN3O2. The molecule has 1 aromatic heterocycles. The zero-order valence-corrected chi connectivity index (χ0v) is 13.1. The number of phenols is 1. The second-order valence-corrected chi connectivity index (χ2v) is 4.63.